The van der Waals surface area contributed by atoms with Crippen molar-refractivity contribution in [3.63, 3.8) is 0 Å². The maximum atomic E-state index is 12.7. The third-order valence-electron chi connectivity index (χ3n) is 6.79. The summed E-state index contributed by atoms with van der Waals surface area (Å²) in [5.74, 6) is 0.671. The lowest BCUT2D eigenvalue weighted by molar-refractivity contribution is 0.0822. The van der Waals surface area contributed by atoms with E-state index in [1.54, 1.807) is 10.9 Å². The highest BCUT2D eigenvalue weighted by Gasteiger charge is 2.61. The Kier molecular flexibility index (Phi) is 3.39. The fourth-order valence-electron chi connectivity index (χ4n) is 4.70. The number of nitrogens with one attached hydrogen (secondary N) is 1. The van der Waals surface area contributed by atoms with Crippen molar-refractivity contribution in [1.29, 1.82) is 0 Å². The second kappa shape index (κ2) is 5.15. The Labute approximate surface area is 146 Å². The molecule has 0 aliphatic heterocycles. The van der Waals surface area contributed by atoms with Gasteiger partial charge < -0.3 is 5.32 Å². The van der Waals surface area contributed by atoms with E-state index < -0.39 is 0 Å². The zero-order valence-corrected chi connectivity index (χ0v) is 15.5. The van der Waals surface area contributed by atoms with Gasteiger partial charge in [0.1, 0.15) is 10.7 Å². The van der Waals surface area contributed by atoms with Crippen LogP contribution in [0.3, 0.4) is 0 Å². The molecule has 3 atom stereocenters. The Balaban J connectivity index is 1.51. The summed E-state index contributed by atoms with van der Waals surface area (Å²) in [6, 6.07) is 0.252. The van der Waals surface area contributed by atoms with Gasteiger partial charge in [-0.05, 0) is 36.0 Å². The molecule has 1 N–H and O–H groups in total. The molecule has 128 valence electrons. The number of nitrogens with zero attached hydrogens (tertiary/aromatic N) is 3. The topological polar surface area (TPSA) is 59.8 Å². The summed E-state index contributed by atoms with van der Waals surface area (Å²) in [5, 5.41) is 10.1. The zero-order chi connectivity index (χ0) is 17.1. The van der Waals surface area contributed by atoms with E-state index in [4.69, 9.17) is 0 Å². The number of hydrogen-bond donors (Lipinski definition) is 1. The van der Waals surface area contributed by atoms with E-state index in [-0.39, 0.29) is 17.4 Å². The first-order chi connectivity index (χ1) is 11.3. The van der Waals surface area contributed by atoms with Crippen molar-refractivity contribution in [2.24, 2.45) is 23.8 Å². The number of hydrogen-bond acceptors (Lipinski definition) is 4. The van der Waals surface area contributed by atoms with Crippen LogP contribution < -0.4 is 5.32 Å². The third kappa shape index (κ3) is 2.15. The number of carbonyl (C=O) groups excluding carboxylic acids is 1. The number of aromatic nitrogens is 3. The van der Waals surface area contributed by atoms with Gasteiger partial charge in [-0.3, -0.25) is 9.48 Å². The highest BCUT2D eigenvalue weighted by molar-refractivity contribution is 7.13. The summed E-state index contributed by atoms with van der Waals surface area (Å²) in [5.41, 5.74) is 1.96. The van der Waals surface area contributed by atoms with Crippen LogP contribution in [0.1, 0.15) is 50.5 Å². The number of carbonyl (C=O) groups is 1. The molecule has 0 saturated heterocycles. The van der Waals surface area contributed by atoms with Crippen LogP contribution in [0.2, 0.25) is 0 Å². The molecule has 2 aliphatic rings. The fourth-order valence-corrected chi connectivity index (χ4v) is 5.47. The largest absolute Gasteiger partial charge is 0.347 e. The van der Waals surface area contributed by atoms with Gasteiger partial charge in [-0.1, -0.05) is 20.8 Å². The average molecular weight is 344 g/mol. The molecule has 2 heterocycles. The van der Waals surface area contributed by atoms with E-state index in [0.717, 1.165) is 17.0 Å². The molecule has 0 radical (unpaired) electrons. The second-order valence-corrected chi connectivity index (χ2v) is 8.94. The lowest BCUT2D eigenvalue weighted by Crippen LogP contribution is -2.46. The van der Waals surface area contributed by atoms with E-state index in [2.05, 4.69) is 36.2 Å². The van der Waals surface area contributed by atoms with Crippen molar-refractivity contribution in [3.05, 3.63) is 23.5 Å². The molecule has 4 rings (SSSR count). The van der Waals surface area contributed by atoms with E-state index >= 15 is 0 Å². The smallest absolute Gasteiger partial charge is 0.271 e. The Morgan fingerprint density at radius 3 is 2.79 bits per heavy atom. The molecule has 2 fully saturated rings. The quantitative estimate of drug-likeness (QED) is 0.927. The molecule has 2 saturated carbocycles. The predicted octanol–water partition coefficient (Wildman–Crippen LogP) is 3.49. The van der Waals surface area contributed by atoms with Gasteiger partial charge in [0.15, 0.2) is 0 Å². The highest BCUT2D eigenvalue weighted by atomic mass is 32.1. The van der Waals surface area contributed by atoms with Crippen molar-refractivity contribution in [3.8, 4) is 10.6 Å². The van der Waals surface area contributed by atoms with Crippen LogP contribution in [0, 0.1) is 16.7 Å². The molecule has 2 bridgehead atoms. The highest BCUT2D eigenvalue weighted by Crippen LogP contribution is 2.65. The van der Waals surface area contributed by atoms with Crippen LogP contribution in [0.15, 0.2) is 17.8 Å². The van der Waals surface area contributed by atoms with Gasteiger partial charge >= 0.3 is 0 Å². The second-order valence-electron chi connectivity index (χ2n) is 8.08. The summed E-state index contributed by atoms with van der Waals surface area (Å²) in [4.78, 5) is 17.2. The number of fused-ring (bicyclic) bond motifs is 2. The molecule has 0 unspecified atom stereocenters. The summed E-state index contributed by atoms with van der Waals surface area (Å²) >= 11 is 1.49. The molecule has 2 aliphatic carbocycles. The minimum absolute atomic E-state index is 0.0454. The van der Waals surface area contributed by atoms with E-state index in [9.17, 15) is 4.79 Å². The predicted molar refractivity (Wildman–Crippen MR) is 94.8 cm³/mol. The average Bonchev–Trinajstić information content (AvgIpc) is 3.24. The zero-order valence-electron chi connectivity index (χ0n) is 14.7. The van der Waals surface area contributed by atoms with Gasteiger partial charge in [0.25, 0.3) is 5.91 Å². The van der Waals surface area contributed by atoms with Crippen LogP contribution in [0.25, 0.3) is 10.6 Å². The molecule has 24 heavy (non-hydrogen) atoms. The van der Waals surface area contributed by atoms with Crippen LogP contribution in [-0.4, -0.2) is 26.7 Å². The van der Waals surface area contributed by atoms with E-state index in [1.165, 1.54) is 24.2 Å². The summed E-state index contributed by atoms with van der Waals surface area (Å²) in [6.45, 7) is 7.06. The van der Waals surface area contributed by atoms with Crippen LogP contribution in [0.5, 0.6) is 0 Å². The van der Waals surface area contributed by atoms with Crippen molar-refractivity contribution >= 4 is 17.2 Å². The molecular formula is C18H24N4OS. The molecular weight excluding hydrogens is 320 g/mol. The first-order valence-corrected chi connectivity index (χ1v) is 9.44. The Hall–Kier alpha value is -1.69. The molecule has 1 amide bonds. The Bertz CT molecular complexity index is 793. The number of rotatable bonds is 3. The van der Waals surface area contributed by atoms with Crippen LogP contribution in [0.4, 0.5) is 0 Å². The van der Waals surface area contributed by atoms with Gasteiger partial charge in [-0.25, -0.2) is 4.98 Å². The monoisotopic (exact) mass is 344 g/mol. The fraction of sp³-hybridized carbons (Fsp3) is 0.611. The lowest BCUT2D eigenvalue weighted by atomic mass is 9.69. The van der Waals surface area contributed by atoms with Gasteiger partial charge in [-0.2, -0.15) is 5.10 Å². The maximum Gasteiger partial charge on any atom is 0.271 e. The maximum absolute atomic E-state index is 12.7. The van der Waals surface area contributed by atoms with Crippen molar-refractivity contribution in [2.45, 2.75) is 46.1 Å². The normalized spacial score (nSPS) is 30.7. The number of thiazole rings is 1. The van der Waals surface area contributed by atoms with E-state index in [1.807, 2.05) is 18.6 Å². The SMILES string of the molecule is Cn1cc(-c2nc(C(=O)N[C@@H]3C[C@H]4CC[C@@]3(C)C4(C)C)cs2)cn1. The van der Waals surface area contributed by atoms with Crippen LogP contribution >= 0.6 is 11.3 Å². The first-order valence-electron chi connectivity index (χ1n) is 8.57. The molecule has 0 spiro atoms. The Morgan fingerprint density at radius 1 is 1.42 bits per heavy atom. The Morgan fingerprint density at radius 2 is 2.21 bits per heavy atom. The van der Waals surface area contributed by atoms with Gasteiger partial charge in [0, 0.05) is 30.2 Å². The summed E-state index contributed by atoms with van der Waals surface area (Å²) in [7, 11) is 1.88. The lowest BCUT2D eigenvalue weighted by Gasteiger charge is -2.39. The van der Waals surface area contributed by atoms with Crippen molar-refractivity contribution < 1.29 is 4.79 Å². The number of aryl methyl sites for hydroxylation is 1. The molecule has 2 aromatic heterocycles. The summed E-state index contributed by atoms with van der Waals surface area (Å²) in [6.07, 6.45) is 7.28. The molecule has 5 nitrogen and oxygen atoms in total. The summed E-state index contributed by atoms with van der Waals surface area (Å²) < 4.78 is 1.74. The molecule has 2 aromatic rings. The van der Waals surface area contributed by atoms with Crippen molar-refractivity contribution in [2.75, 3.05) is 0 Å². The minimum Gasteiger partial charge on any atom is -0.347 e. The standard InChI is InChI=1S/C18H24N4OS/c1-17(2)12-5-6-18(17,3)14(7-12)21-15(23)13-10-24-16(20-13)11-8-19-22(4)9-11/h8-10,12,14H,5-7H2,1-4H3,(H,21,23)/t12-,14-,18-/m1/s1. The van der Waals surface area contributed by atoms with Gasteiger partial charge in [0.05, 0.1) is 6.20 Å². The van der Waals surface area contributed by atoms with Gasteiger partial charge in [0.2, 0.25) is 0 Å². The first kappa shape index (κ1) is 15.8. The molecule has 6 heteroatoms. The van der Waals surface area contributed by atoms with Crippen LogP contribution in [-0.2, 0) is 7.05 Å². The minimum atomic E-state index is -0.0454. The van der Waals surface area contributed by atoms with E-state index in [0.29, 0.717) is 17.0 Å². The third-order valence-corrected chi connectivity index (χ3v) is 7.68. The number of amides is 1. The van der Waals surface area contributed by atoms with Gasteiger partial charge in [-0.15, -0.1) is 11.3 Å². The molecule has 0 aromatic carbocycles. The van der Waals surface area contributed by atoms with Crippen molar-refractivity contribution in [1.82, 2.24) is 20.1 Å².